The molecule has 0 saturated carbocycles. The van der Waals surface area contributed by atoms with Crippen molar-refractivity contribution in [3.63, 3.8) is 0 Å². The Morgan fingerprint density at radius 2 is 2.09 bits per heavy atom. The lowest BCUT2D eigenvalue weighted by atomic mass is 9.83. The van der Waals surface area contributed by atoms with Gasteiger partial charge in [0.05, 0.1) is 6.61 Å². The molecule has 166 valence electrons. The van der Waals surface area contributed by atoms with Gasteiger partial charge in [-0.3, -0.25) is 9.05 Å². The molecule has 9 nitrogen and oxygen atoms in total. The van der Waals surface area contributed by atoms with Gasteiger partial charge >= 0.3 is 7.75 Å². The van der Waals surface area contributed by atoms with Crippen LogP contribution in [0.3, 0.4) is 0 Å². The van der Waals surface area contributed by atoms with Gasteiger partial charge in [0.1, 0.15) is 22.9 Å². The number of hydrogen-bond acceptors (Lipinski definition) is 8. The number of anilines is 2. The summed E-state index contributed by atoms with van der Waals surface area (Å²) in [6.45, 7) is 4.40. The van der Waals surface area contributed by atoms with E-state index in [0.29, 0.717) is 11.7 Å². The third-order valence-corrected chi connectivity index (χ3v) is 7.07. The molecule has 0 unspecified atom stereocenters. The zero-order chi connectivity index (χ0) is 22.9. The lowest BCUT2D eigenvalue weighted by Gasteiger charge is -2.41. The van der Waals surface area contributed by atoms with Gasteiger partial charge in [-0.25, -0.2) is 9.55 Å². The lowest BCUT2D eigenvalue weighted by Crippen LogP contribution is -2.34. The van der Waals surface area contributed by atoms with Crippen molar-refractivity contribution in [1.29, 1.82) is 5.26 Å². The molecule has 3 N–H and O–H groups in total. The monoisotopic (exact) mass is 472 g/mol. The van der Waals surface area contributed by atoms with Crippen LogP contribution < -0.4 is 11.1 Å². The Morgan fingerprint density at radius 1 is 1.34 bits per heavy atom. The van der Waals surface area contributed by atoms with E-state index in [-0.39, 0.29) is 23.8 Å². The number of aromatic nitrogens is 3. The van der Waals surface area contributed by atoms with Gasteiger partial charge in [0.2, 0.25) is 0 Å². The van der Waals surface area contributed by atoms with Crippen molar-refractivity contribution < 1.29 is 13.6 Å². The van der Waals surface area contributed by atoms with E-state index in [1.165, 1.54) is 0 Å². The second kappa shape index (κ2) is 8.57. The fourth-order valence-corrected chi connectivity index (χ4v) is 5.51. The van der Waals surface area contributed by atoms with Crippen molar-refractivity contribution in [2.75, 3.05) is 17.7 Å². The largest absolute Gasteiger partial charge is 0.457 e. The predicted octanol–water partition coefficient (Wildman–Crippen LogP) is 4.77. The first kappa shape index (κ1) is 22.3. The molecule has 0 spiro atoms. The summed E-state index contributed by atoms with van der Waals surface area (Å²) < 4.78 is 26.4. The van der Waals surface area contributed by atoms with Crippen LogP contribution in [0.15, 0.2) is 48.7 Å². The number of nitrogen functional groups attached to an aromatic ring is 1. The summed E-state index contributed by atoms with van der Waals surface area (Å²) in [7, 11) is -3.97. The summed E-state index contributed by atoms with van der Waals surface area (Å²) in [5.74, 6) is 0.0718. The van der Waals surface area contributed by atoms with Gasteiger partial charge < -0.3 is 11.1 Å². The maximum Gasteiger partial charge on any atom is 0.457 e. The number of nitrogens with one attached hydrogen (secondary N) is 1. The standard InChI is InChI=1S/C21H22ClN6O3P/c1-21(2)13-30-32(29,31-18(21)15-6-4-3-5-7-15)28-19(24)16(10-23)20(27-28)26-12-14-8-9-17(22)25-11-14/h3-9,11,18H,12-13,24H2,1-2H3,(H,26,27)/t18-,32+/m1/s1. The molecular formula is C21H22ClN6O3P. The Morgan fingerprint density at radius 3 is 2.75 bits per heavy atom. The molecule has 1 aromatic carbocycles. The van der Waals surface area contributed by atoms with Crippen LogP contribution >= 0.6 is 19.3 Å². The highest BCUT2D eigenvalue weighted by Crippen LogP contribution is 2.62. The van der Waals surface area contributed by atoms with Gasteiger partial charge in [-0.1, -0.05) is 61.8 Å². The third-order valence-electron chi connectivity index (χ3n) is 5.15. The third kappa shape index (κ3) is 4.23. The van der Waals surface area contributed by atoms with Gasteiger partial charge in [-0.15, -0.1) is 9.55 Å². The van der Waals surface area contributed by atoms with E-state index in [2.05, 4.69) is 15.4 Å². The van der Waals surface area contributed by atoms with Crippen molar-refractivity contribution in [3.05, 3.63) is 70.5 Å². The number of nitrogens with two attached hydrogens (primary N) is 1. The second-order valence-electron chi connectivity index (χ2n) is 8.08. The van der Waals surface area contributed by atoms with Crippen molar-refractivity contribution >= 4 is 31.0 Å². The minimum atomic E-state index is -3.97. The first-order valence-electron chi connectivity index (χ1n) is 9.85. The Kier molecular flexibility index (Phi) is 5.97. The topological polar surface area (TPSA) is 128 Å². The number of hydrogen-bond donors (Lipinski definition) is 2. The smallest absolute Gasteiger partial charge is 0.382 e. The highest BCUT2D eigenvalue weighted by atomic mass is 35.5. The molecule has 0 amide bonds. The quantitative estimate of drug-likeness (QED) is 0.401. The van der Waals surface area contributed by atoms with Crippen molar-refractivity contribution in [1.82, 2.24) is 14.5 Å². The summed E-state index contributed by atoms with van der Waals surface area (Å²) in [5.41, 5.74) is 7.43. The minimum Gasteiger partial charge on any atom is -0.382 e. The van der Waals surface area contributed by atoms with E-state index in [9.17, 15) is 9.83 Å². The van der Waals surface area contributed by atoms with Gasteiger partial charge in [0.15, 0.2) is 11.6 Å². The molecule has 3 aromatic rings. The van der Waals surface area contributed by atoms with Crippen molar-refractivity contribution in [2.45, 2.75) is 26.5 Å². The first-order valence-corrected chi connectivity index (χ1v) is 11.7. The van der Waals surface area contributed by atoms with Crippen LogP contribution in [-0.4, -0.2) is 21.1 Å². The van der Waals surface area contributed by atoms with Crippen LogP contribution in [0.2, 0.25) is 5.15 Å². The lowest BCUT2D eigenvalue weighted by molar-refractivity contribution is -0.0304. The summed E-state index contributed by atoms with van der Waals surface area (Å²) in [5, 5.41) is 17.3. The number of rotatable bonds is 5. The van der Waals surface area contributed by atoms with E-state index < -0.39 is 19.3 Å². The molecule has 1 fully saturated rings. The van der Waals surface area contributed by atoms with E-state index in [4.69, 9.17) is 26.4 Å². The molecule has 0 aliphatic carbocycles. The summed E-state index contributed by atoms with van der Waals surface area (Å²) in [6.07, 6.45) is 1.08. The predicted molar refractivity (Wildman–Crippen MR) is 121 cm³/mol. The van der Waals surface area contributed by atoms with Crippen LogP contribution in [0, 0.1) is 16.7 Å². The number of nitriles is 1. The van der Waals surface area contributed by atoms with Crippen LogP contribution in [-0.2, 0) is 20.2 Å². The summed E-state index contributed by atoms with van der Waals surface area (Å²) in [4.78, 5) is 4.02. The number of benzene rings is 1. The molecule has 2 atom stereocenters. The summed E-state index contributed by atoms with van der Waals surface area (Å²) >= 11 is 5.81. The van der Waals surface area contributed by atoms with Crippen LogP contribution in [0.5, 0.6) is 0 Å². The average Bonchev–Trinajstić information content (AvgIpc) is 3.12. The van der Waals surface area contributed by atoms with Crippen molar-refractivity contribution in [3.8, 4) is 6.07 Å². The Balaban J connectivity index is 1.64. The molecule has 3 heterocycles. The highest BCUT2D eigenvalue weighted by molar-refractivity contribution is 7.52. The minimum absolute atomic E-state index is 0.0513. The molecule has 11 heteroatoms. The second-order valence-corrected chi connectivity index (χ2v) is 10.3. The Labute approximate surface area is 190 Å². The van der Waals surface area contributed by atoms with E-state index in [0.717, 1.165) is 15.6 Å². The number of nitrogens with zero attached hydrogens (tertiary/aromatic N) is 4. The molecule has 4 rings (SSSR count). The van der Waals surface area contributed by atoms with E-state index >= 15 is 0 Å². The normalized spacial score (nSPS) is 22.2. The molecule has 1 aliphatic heterocycles. The Hall–Kier alpha value is -2.89. The fourth-order valence-electron chi connectivity index (χ4n) is 3.41. The van der Waals surface area contributed by atoms with Crippen LogP contribution in [0.1, 0.15) is 36.6 Å². The molecule has 2 aromatic heterocycles. The maximum absolute atomic E-state index is 13.7. The van der Waals surface area contributed by atoms with Gasteiger partial charge in [-0.05, 0) is 17.2 Å². The van der Waals surface area contributed by atoms with Gasteiger partial charge in [-0.2, -0.15) is 5.26 Å². The zero-order valence-electron chi connectivity index (χ0n) is 17.5. The SMILES string of the molecule is CC1(C)CO[P@@](=O)(n2nc(NCc3ccc(Cl)nc3)c(C#N)c2N)O[C@@H]1c1ccccc1. The van der Waals surface area contributed by atoms with Gasteiger partial charge in [0.25, 0.3) is 0 Å². The summed E-state index contributed by atoms with van der Waals surface area (Å²) in [6, 6.07) is 14.9. The Bertz CT molecular complexity index is 1210. The van der Waals surface area contributed by atoms with Crippen molar-refractivity contribution in [2.24, 2.45) is 5.41 Å². The number of pyridine rings is 1. The molecule has 0 bridgehead atoms. The maximum atomic E-state index is 13.7. The first-order chi connectivity index (χ1) is 15.2. The molecule has 1 saturated heterocycles. The molecule has 0 radical (unpaired) electrons. The highest BCUT2D eigenvalue weighted by Gasteiger charge is 2.48. The van der Waals surface area contributed by atoms with E-state index in [1.54, 1.807) is 18.3 Å². The molecular weight excluding hydrogens is 451 g/mol. The van der Waals surface area contributed by atoms with Crippen LogP contribution in [0.4, 0.5) is 11.6 Å². The average molecular weight is 473 g/mol. The molecule has 32 heavy (non-hydrogen) atoms. The fraction of sp³-hybridized carbons (Fsp3) is 0.286. The van der Waals surface area contributed by atoms with Gasteiger partial charge in [0, 0.05) is 18.2 Å². The zero-order valence-corrected chi connectivity index (χ0v) is 19.2. The van der Waals surface area contributed by atoms with E-state index in [1.807, 2.05) is 50.2 Å². The number of halogens is 1. The molecule has 1 aliphatic rings. The van der Waals surface area contributed by atoms with Crippen LogP contribution in [0.25, 0.3) is 0 Å².